The molecule has 0 atom stereocenters. The lowest BCUT2D eigenvalue weighted by molar-refractivity contribution is -0.116. The van der Waals surface area contributed by atoms with Crippen molar-refractivity contribution >= 4 is 24.0 Å². The highest BCUT2D eigenvalue weighted by Crippen LogP contribution is 2.32. The zero-order chi connectivity index (χ0) is 17.5. The van der Waals surface area contributed by atoms with Gasteiger partial charge in [-0.15, -0.1) is 12.4 Å². The third-order valence-electron chi connectivity index (χ3n) is 4.45. The molecule has 0 bridgehead atoms. The van der Waals surface area contributed by atoms with Crippen LogP contribution in [0.5, 0.6) is 11.5 Å². The minimum atomic E-state index is -0.497. The summed E-state index contributed by atoms with van der Waals surface area (Å²) in [5.74, 6) is 0.789. The third kappa shape index (κ3) is 5.71. The zero-order valence-electron chi connectivity index (χ0n) is 14.5. The van der Waals surface area contributed by atoms with Crippen LogP contribution < -0.4 is 15.4 Å². The molecule has 0 unspecified atom stereocenters. The van der Waals surface area contributed by atoms with Crippen LogP contribution in [0.4, 0.5) is 10.1 Å². The highest BCUT2D eigenvalue weighted by Gasteiger charge is 2.17. The lowest BCUT2D eigenvalue weighted by atomic mass is 9.93. The second-order valence-electron chi connectivity index (χ2n) is 6.31. The van der Waals surface area contributed by atoms with Gasteiger partial charge < -0.3 is 15.4 Å². The zero-order valence-corrected chi connectivity index (χ0v) is 15.4. The van der Waals surface area contributed by atoms with Gasteiger partial charge in [-0.2, -0.15) is 0 Å². The molecule has 2 aromatic carbocycles. The second kappa shape index (κ2) is 10.1. The van der Waals surface area contributed by atoms with E-state index < -0.39 is 5.82 Å². The number of para-hydroxylation sites is 2. The first kappa shape index (κ1) is 20.2. The fourth-order valence-electron chi connectivity index (χ4n) is 3.03. The normalized spacial score (nSPS) is 14.3. The summed E-state index contributed by atoms with van der Waals surface area (Å²) >= 11 is 0. The number of carbonyl (C=O) groups is 1. The molecule has 1 saturated heterocycles. The van der Waals surface area contributed by atoms with Gasteiger partial charge in [-0.1, -0.05) is 24.3 Å². The first-order valence-corrected chi connectivity index (χ1v) is 8.74. The first-order valence-electron chi connectivity index (χ1n) is 8.74. The maximum Gasteiger partial charge on any atom is 0.224 e. The Bertz CT molecular complexity index is 706. The number of amides is 1. The summed E-state index contributed by atoms with van der Waals surface area (Å²) < 4.78 is 19.9. The van der Waals surface area contributed by atoms with Gasteiger partial charge in [0.2, 0.25) is 5.91 Å². The molecule has 2 aromatic rings. The van der Waals surface area contributed by atoms with Crippen molar-refractivity contribution < 1.29 is 13.9 Å². The largest absolute Gasteiger partial charge is 0.455 e. The Morgan fingerprint density at radius 2 is 1.85 bits per heavy atom. The van der Waals surface area contributed by atoms with Crippen molar-refractivity contribution in [2.45, 2.75) is 25.7 Å². The van der Waals surface area contributed by atoms with E-state index in [0.29, 0.717) is 23.8 Å². The van der Waals surface area contributed by atoms with Crippen LogP contribution in [-0.4, -0.2) is 19.0 Å². The maximum absolute atomic E-state index is 14.2. The van der Waals surface area contributed by atoms with Gasteiger partial charge in [0.15, 0.2) is 11.6 Å². The van der Waals surface area contributed by atoms with Crippen LogP contribution >= 0.6 is 12.4 Å². The van der Waals surface area contributed by atoms with Gasteiger partial charge in [0.1, 0.15) is 11.4 Å². The molecule has 0 radical (unpaired) electrons. The molecule has 0 spiro atoms. The van der Waals surface area contributed by atoms with E-state index in [9.17, 15) is 9.18 Å². The number of hydrogen-bond acceptors (Lipinski definition) is 3. The van der Waals surface area contributed by atoms with E-state index in [0.717, 1.165) is 32.4 Å². The SMILES string of the molecule is Cl.O=C(CCC1CCNCC1)Nc1c(F)cccc1Oc1ccccc1. The van der Waals surface area contributed by atoms with Gasteiger partial charge in [-0.25, -0.2) is 4.39 Å². The molecule has 0 saturated carbocycles. The lowest BCUT2D eigenvalue weighted by Gasteiger charge is -2.22. The van der Waals surface area contributed by atoms with Crippen LogP contribution in [0.1, 0.15) is 25.7 Å². The van der Waals surface area contributed by atoms with E-state index in [2.05, 4.69) is 10.6 Å². The lowest BCUT2D eigenvalue weighted by Crippen LogP contribution is -2.28. The molecule has 1 aliphatic rings. The van der Waals surface area contributed by atoms with Crippen LogP contribution in [0.15, 0.2) is 48.5 Å². The number of rotatable bonds is 6. The van der Waals surface area contributed by atoms with Crippen LogP contribution in [0.25, 0.3) is 0 Å². The molecule has 0 aromatic heterocycles. The van der Waals surface area contributed by atoms with E-state index in [1.54, 1.807) is 24.3 Å². The number of piperidine rings is 1. The summed E-state index contributed by atoms with van der Waals surface area (Å²) in [7, 11) is 0. The Morgan fingerprint density at radius 1 is 1.12 bits per heavy atom. The monoisotopic (exact) mass is 378 g/mol. The Balaban J connectivity index is 0.00000243. The summed E-state index contributed by atoms with van der Waals surface area (Å²) in [5.41, 5.74) is 0.0988. The average Bonchev–Trinajstić information content (AvgIpc) is 2.65. The molecule has 26 heavy (non-hydrogen) atoms. The maximum atomic E-state index is 14.2. The third-order valence-corrected chi connectivity index (χ3v) is 4.45. The Hall–Kier alpha value is -2.11. The number of ether oxygens (including phenoxy) is 1. The Labute approximate surface area is 159 Å². The van der Waals surface area contributed by atoms with Crippen LogP contribution in [0.2, 0.25) is 0 Å². The van der Waals surface area contributed by atoms with Gasteiger partial charge in [-0.3, -0.25) is 4.79 Å². The topological polar surface area (TPSA) is 50.4 Å². The number of carbonyl (C=O) groups excluding carboxylic acids is 1. The predicted octanol–water partition coefficient (Wildman–Crippen LogP) is 4.76. The first-order chi connectivity index (χ1) is 12.2. The van der Waals surface area contributed by atoms with Crippen LogP contribution in [0, 0.1) is 11.7 Å². The molecule has 4 nitrogen and oxygen atoms in total. The molecule has 1 amide bonds. The second-order valence-corrected chi connectivity index (χ2v) is 6.31. The smallest absolute Gasteiger partial charge is 0.224 e. The van der Waals surface area contributed by atoms with Gasteiger partial charge >= 0.3 is 0 Å². The molecule has 0 aliphatic carbocycles. The molecule has 1 aliphatic heterocycles. The number of nitrogens with one attached hydrogen (secondary N) is 2. The standard InChI is InChI=1S/C20H23FN2O2.ClH/c21-17-7-4-8-18(25-16-5-2-1-3-6-16)20(17)23-19(24)10-9-15-11-13-22-14-12-15;/h1-8,15,22H,9-14H2,(H,23,24);1H. The summed E-state index contributed by atoms with van der Waals surface area (Å²) in [5, 5.41) is 6.00. The number of halogens is 2. The summed E-state index contributed by atoms with van der Waals surface area (Å²) in [4.78, 5) is 12.3. The van der Waals surface area contributed by atoms with E-state index in [1.807, 2.05) is 18.2 Å². The summed E-state index contributed by atoms with van der Waals surface area (Å²) in [6, 6.07) is 13.7. The van der Waals surface area contributed by atoms with E-state index in [1.165, 1.54) is 6.07 Å². The minimum absolute atomic E-state index is 0. The van der Waals surface area contributed by atoms with Crippen LogP contribution in [0.3, 0.4) is 0 Å². The number of hydrogen-bond donors (Lipinski definition) is 2. The molecule has 6 heteroatoms. The van der Waals surface area contributed by atoms with Gasteiger partial charge in [0.05, 0.1) is 0 Å². The summed E-state index contributed by atoms with van der Waals surface area (Å²) in [6.07, 6.45) is 3.41. The molecule has 2 N–H and O–H groups in total. The highest BCUT2D eigenvalue weighted by molar-refractivity contribution is 5.92. The molecule has 140 valence electrons. The van der Waals surface area contributed by atoms with Crippen LogP contribution in [-0.2, 0) is 4.79 Å². The fraction of sp³-hybridized carbons (Fsp3) is 0.350. The molecule has 1 heterocycles. The van der Waals surface area contributed by atoms with Crippen molar-refractivity contribution in [1.82, 2.24) is 5.32 Å². The van der Waals surface area contributed by atoms with Crippen molar-refractivity contribution in [3.8, 4) is 11.5 Å². The van der Waals surface area contributed by atoms with Crippen molar-refractivity contribution in [1.29, 1.82) is 0 Å². The van der Waals surface area contributed by atoms with Crippen molar-refractivity contribution in [3.05, 3.63) is 54.3 Å². The average molecular weight is 379 g/mol. The molecule has 3 rings (SSSR count). The minimum Gasteiger partial charge on any atom is -0.455 e. The van der Waals surface area contributed by atoms with Crippen molar-refractivity contribution in [2.75, 3.05) is 18.4 Å². The molecular weight excluding hydrogens is 355 g/mol. The molecule has 1 fully saturated rings. The van der Waals surface area contributed by atoms with Gasteiger partial charge in [0, 0.05) is 6.42 Å². The van der Waals surface area contributed by atoms with Gasteiger partial charge in [-0.05, 0) is 62.5 Å². The highest BCUT2D eigenvalue weighted by atomic mass is 35.5. The molecular formula is C20H24ClFN2O2. The number of benzene rings is 2. The van der Waals surface area contributed by atoms with E-state index in [-0.39, 0.29) is 24.0 Å². The Kier molecular flexibility index (Phi) is 7.88. The van der Waals surface area contributed by atoms with Crippen molar-refractivity contribution in [2.24, 2.45) is 5.92 Å². The van der Waals surface area contributed by atoms with Gasteiger partial charge in [0.25, 0.3) is 0 Å². The van der Waals surface area contributed by atoms with Crippen molar-refractivity contribution in [3.63, 3.8) is 0 Å². The van der Waals surface area contributed by atoms with E-state index >= 15 is 0 Å². The summed E-state index contributed by atoms with van der Waals surface area (Å²) in [6.45, 7) is 2.02. The quantitative estimate of drug-likeness (QED) is 0.762. The predicted molar refractivity (Wildman–Crippen MR) is 104 cm³/mol. The van der Waals surface area contributed by atoms with E-state index in [4.69, 9.17) is 4.74 Å². The number of anilines is 1. The fourth-order valence-corrected chi connectivity index (χ4v) is 3.03. The Morgan fingerprint density at radius 3 is 2.58 bits per heavy atom.